The number of hydrogen-bond acceptors (Lipinski definition) is 5. The summed E-state index contributed by atoms with van der Waals surface area (Å²) in [5, 5.41) is 4.43. The zero-order chi connectivity index (χ0) is 14.0. The van der Waals surface area contributed by atoms with Crippen molar-refractivity contribution in [1.82, 2.24) is 10.3 Å². The fraction of sp³-hybridized carbons (Fsp3) is 0.714. The molecule has 0 radical (unpaired) electrons. The summed E-state index contributed by atoms with van der Waals surface area (Å²) in [7, 11) is 0. The number of carbonyl (C=O) groups excluding carboxylic acids is 1. The molecule has 0 unspecified atom stereocenters. The summed E-state index contributed by atoms with van der Waals surface area (Å²) in [4.78, 5) is 17.6. The van der Waals surface area contributed by atoms with Crippen LogP contribution in [0.25, 0.3) is 0 Å². The molecule has 0 aromatic carbocycles. The Balaban J connectivity index is 2.14. The van der Waals surface area contributed by atoms with Crippen LogP contribution < -0.4 is 5.32 Å². The van der Waals surface area contributed by atoms with Crippen molar-refractivity contribution in [2.75, 3.05) is 13.1 Å². The number of thiazole rings is 1. The molecule has 106 valence electrons. The fourth-order valence-electron chi connectivity index (χ4n) is 2.18. The van der Waals surface area contributed by atoms with Gasteiger partial charge in [-0.3, -0.25) is 0 Å². The van der Waals surface area contributed by atoms with Gasteiger partial charge in [-0.15, -0.1) is 11.3 Å². The maximum Gasteiger partial charge on any atom is 0.358 e. The molecule has 0 bridgehead atoms. The summed E-state index contributed by atoms with van der Waals surface area (Å²) in [6.07, 6.45) is 2.20. The van der Waals surface area contributed by atoms with Crippen molar-refractivity contribution in [1.29, 1.82) is 0 Å². The van der Waals surface area contributed by atoms with Crippen molar-refractivity contribution in [3.63, 3.8) is 0 Å². The van der Waals surface area contributed by atoms with Crippen LogP contribution in [0, 0.1) is 6.92 Å². The quantitative estimate of drug-likeness (QED) is 0.847. The van der Waals surface area contributed by atoms with Gasteiger partial charge in [-0.1, -0.05) is 0 Å². The van der Waals surface area contributed by atoms with Gasteiger partial charge in [-0.25, -0.2) is 9.78 Å². The molecule has 0 spiro atoms. The minimum absolute atomic E-state index is 0.304. The number of rotatable bonds is 2. The molecule has 2 rings (SSSR count). The van der Waals surface area contributed by atoms with Gasteiger partial charge in [-0.2, -0.15) is 0 Å². The second-order valence-electron chi connectivity index (χ2n) is 5.98. The Bertz CT molecular complexity index is 457. The first-order chi connectivity index (χ1) is 8.87. The molecule has 0 aliphatic carbocycles. The third-order valence-electron chi connectivity index (χ3n) is 3.09. The first kappa shape index (κ1) is 14.5. The minimum Gasteiger partial charge on any atom is -0.455 e. The minimum atomic E-state index is -0.470. The van der Waals surface area contributed by atoms with E-state index in [4.69, 9.17) is 4.74 Å². The van der Waals surface area contributed by atoms with Crippen LogP contribution in [0.15, 0.2) is 0 Å². The molecule has 1 aromatic rings. The van der Waals surface area contributed by atoms with Crippen molar-refractivity contribution in [3.05, 3.63) is 15.6 Å². The molecule has 0 atom stereocenters. The van der Waals surface area contributed by atoms with Crippen molar-refractivity contribution in [2.24, 2.45) is 0 Å². The third kappa shape index (κ3) is 3.76. The van der Waals surface area contributed by atoms with E-state index in [1.807, 2.05) is 27.7 Å². The molecule has 4 nitrogen and oxygen atoms in total. The van der Waals surface area contributed by atoms with Gasteiger partial charge in [-0.05, 0) is 53.6 Å². The van der Waals surface area contributed by atoms with Crippen LogP contribution >= 0.6 is 11.3 Å². The monoisotopic (exact) mass is 282 g/mol. The fourth-order valence-corrected chi connectivity index (χ4v) is 3.25. The van der Waals surface area contributed by atoms with Gasteiger partial charge in [0.15, 0.2) is 5.69 Å². The van der Waals surface area contributed by atoms with Gasteiger partial charge in [0.25, 0.3) is 0 Å². The molecule has 1 aromatic heterocycles. The van der Waals surface area contributed by atoms with Crippen LogP contribution in [-0.2, 0) is 4.74 Å². The normalized spacial score (nSPS) is 17.5. The van der Waals surface area contributed by atoms with E-state index in [1.54, 1.807) is 11.3 Å². The number of hydrogen-bond donors (Lipinski definition) is 1. The van der Waals surface area contributed by atoms with Gasteiger partial charge in [0.1, 0.15) is 5.60 Å². The van der Waals surface area contributed by atoms with E-state index in [2.05, 4.69) is 10.3 Å². The molecule has 1 N–H and O–H groups in total. The maximum absolute atomic E-state index is 12.1. The number of ether oxygens (including phenoxy) is 1. The highest BCUT2D eigenvalue weighted by atomic mass is 32.1. The average Bonchev–Trinajstić information content (AvgIpc) is 2.70. The second-order valence-corrected chi connectivity index (χ2v) is 7.22. The summed E-state index contributed by atoms with van der Waals surface area (Å²) in [6, 6.07) is 0. The number of carbonyl (C=O) groups is 1. The van der Waals surface area contributed by atoms with E-state index >= 15 is 0 Å². The predicted octanol–water partition coefficient (Wildman–Crippen LogP) is 2.87. The van der Waals surface area contributed by atoms with E-state index in [1.165, 1.54) is 0 Å². The number of nitrogens with zero attached hydrogens (tertiary/aromatic N) is 1. The van der Waals surface area contributed by atoms with Gasteiger partial charge in [0.05, 0.1) is 5.01 Å². The number of aryl methyl sites for hydroxylation is 1. The Morgan fingerprint density at radius 2 is 2.00 bits per heavy atom. The summed E-state index contributed by atoms with van der Waals surface area (Å²) in [5.74, 6) is 0.183. The van der Waals surface area contributed by atoms with E-state index in [0.717, 1.165) is 35.8 Å². The Labute approximate surface area is 118 Å². The standard InChI is InChI=1S/C14H22N2O2S/c1-9-11(13(17)18-14(2,3)4)16-12(19-9)10-5-7-15-8-6-10/h10,15H,5-8H2,1-4H3. The van der Waals surface area contributed by atoms with Gasteiger partial charge < -0.3 is 10.1 Å². The lowest BCUT2D eigenvalue weighted by Gasteiger charge is -2.20. The first-order valence-electron chi connectivity index (χ1n) is 6.78. The molecule has 1 aliphatic rings. The molecule has 2 heterocycles. The summed E-state index contributed by atoms with van der Waals surface area (Å²) < 4.78 is 5.40. The van der Waals surface area contributed by atoms with Gasteiger partial charge >= 0.3 is 5.97 Å². The molecule has 0 amide bonds. The maximum atomic E-state index is 12.1. The smallest absolute Gasteiger partial charge is 0.358 e. The third-order valence-corrected chi connectivity index (χ3v) is 4.23. The van der Waals surface area contributed by atoms with Crippen LogP contribution in [0.1, 0.15) is 59.9 Å². The number of aromatic nitrogens is 1. The molecule has 19 heavy (non-hydrogen) atoms. The second kappa shape index (κ2) is 5.59. The Hall–Kier alpha value is -0.940. The molecular formula is C14H22N2O2S. The van der Waals surface area contributed by atoms with E-state index < -0.39 is 5.60 Å². The van der Waals surface area contributed by atoms with Crippen LogP contribution in [0.3, 0.4) is 0 Å². The zero-order valence-electron chi connectivity index (χ0n) is 12.1. The van der Waals surface area contributed by atoms with E-state index in [9.17, 15) is 4.79 Å². The average molecular weight is 282 g/mol. The molecule has 1 fully saturated rings. The summed E-state index contributed by atoms with van der Waals surface area (Å²) in [5.41, 5.74) is 0.0238. The van der Waals surface area contributed by atoms with Gasteiger partial charge in [0, 0.05) is 10.8 Å². The lowest BCUT2D eigenvalue weighted by molar-refractivity contribution is 0.00627. The lowest BCUT2D eigenvalue weighted by atomic mass is 9.99. The van der Waals surface area contributed by atoms with Crippen LogP contribution in [0.2, 0.25) is 0 Å². The van der Waals surface area contributed by atoms with Crippen molar-refractivity contribution in [2.45, 2.75) is 52.1 Å². The van der Waals surface area contributed by atoms with E-state index in [0.29, 0.717) is 11.6 Å². The van der Waals surface area contributed by atoms with E-state index in [-0.39, 0.29) is 5.97 Å². The summed E-state index contributed by atoms with van der Waals surface area (Å²) >= 11 is 1.64. The molecule has 0 saturated carbocycles. The number of esters is 1. The highest BCUT2D eigenvalue weighted by Crippen LogP contribution is 2.31. The SMILES string of the molecule is Cc1sc(C2CCNCC2)nc1C(=O)OC(C)(C)C. The first-order valence-corrected chi connectivity index (χ1v) is 7.60. The topological polar surface area (TPSA) is 51.2 Å². The number of piperidine rings is 1. The van der Waals surface area contributed by atoms with Gasteiger partial charge in [0.2, 0.25) is 0 Å². The highest BCUT2D eigenvalue weighted by Gasteiger charge is 2.25. The van der Waals surface area contributed by atoms with Crippen molar-refractivity contribution >= 4 is 17.3 Å². The molecule has 5 heteroatoms. The predicted molar refractivity (Wildman–Crippen MR) is 76.9 cm³/mol. The largest absolute Gasteiger partial charge is 0.455 e. The molecule has 1 aliphatic heterocycles. The number of nitrogens with one attached hydrogen (secondary N) is 1. The molecular weight excluding hydrogens is 260 g/mol. The Kier molecular flexibility index (Phi) is 4.26. The Morgan fingerprint density at radius 1 is 1.37 bits per heavy atom. The van der Waals surface area contributed by atoms with Crippen LogP contribution in [0.5, 0.6) is 0 Å². The van der Waals surface area contributed by atoms with Crippen LogP contribution in [-0.4, -0.2) is 29.6 Å². The zero-order valence-corrected chi connectivity index (χ0v) is 12.9. The Morgan fingerprint density at radius 3 is 2.58 bits per heavy atom. The molecule has 1 saturated heterocycles. The lowest BCUT2D eigenvalue weighted by Crippen LogP contribution is -2.27. The van der Waals surface area contributed by atoms with Crippen molar-refractivity contribution in [3.8, 4) is 0 Å². The van der Waals surface area contributed by atoms with Crippen LogP contribution in [0.4, 0.5) is 0 Å². The summed E-state index contributed by atoms with van der Waals surface area (Å²) in [6.45, 7) is 9.64. The highest BCUT2D eigenvalue weighted by molar-refractivity contribution is 7.12. The van der Waals surface area contributed by atoms with Crippen molar-refractivity contribution < 1.29 is 9.53 Å².